The Balaban J connectivity index is 2.31. The van der Waals surface area contributed by atoms with E-state index < -0.39 is 16.1 Å². The van der Waals surface area contributed by atoms with Gasteiger partial charge in [-0.2, -0.15) is 0 Å². The SMILES string of the molecule is COC1=NS(=O)(=O)C[C@@H](c2ccccc2)O1. The van der Waals surface area contributed by atoms with Crippen LogP contribution in [0.4, 0.5) is 0 Å². The molecule has 1 atom stereocenters. The van der Waals surface area contributed by atoms with Gasteiger partial charge in [0, 0.05) is 0 Å². The number of hydrogen-bond acceptors (Lipinski definition) is 4. The minimum absolute atomic E-state index is 0.163. The predicted octanol–water partition coefficient (Wildman–Crippen LogP) is 1.09. The summed E-state index contributed by atoms with van der Waals surface area (Å²) >= 11 is 0. The van der Waals surface area contributed by atoms with Crippen molar-refractivity contribution in [2.24, 2.45) is 4.40 Å². The Morgan fingerprint density at radius 1 is 1.38 bits per heavy atom. The molecule has 5 nitrogen and oxygen atoms in total. The van der Waals surface area contributed by atoms with Crippen molar-refractivity contribution in [2.45, 2.75) is 6.10 Å². The number of rotatable bonds is 1. The number of methoxy groups -OCH3 is 1. The number of nitrogens with zero attached hydrogens (tertiary/aromatic N) is 1. The Bertz CT molecular complexity index is 495. The Morgan fingerprint density at radius 3 is 2.69 bits per heavy atom. The molecule has 1 aliphatic rings. The average Bonchev–Trinajstić information content (AvgIpc) is 2.28. The van der Waals surface area contributed by atoms with Gasteiger partial charge < -0.3 is 9.47 Å². The molecule has 0 spiro atoms. The van der Waals surface area contributed by atoms with Crippen molar-refractivity contribution >= 4 is 16.1 Å². The van der Waals surface area contributed by atoms with Crippen LogP contribution in [0.15, 0.2) is 34.7 Å². The van der Waals surface area contributed by atoms with Crippen molar-refractivity contribution in [1.29, 1.82) is 0 Å². The molecule has 0 radical (unpaired) electrons. The van der Waals surface area contributed by atoms with Gasteiger partial charge in [0.1, 0.15) is 11.9 Å². The molecule has 0 aromatic heterocycles. The maximum atomic E-state index is 11.5. The molecule has 1 aliphatic heterocycles. The van der Waals surface area contributed by atoms with Crippen LogP contribution >= 0.6 is 0 Å². The molecular formula is C10H11NO4S. The van der Waals surface area contributed by atoms with Crippen LogP contribution in [0.5, 0.6) is 0 Å². The van der Waals surface area contributed by atoms with E-state index in [0.29, 0.717) is 0 Å². The van der Waals surface area contributed by atoms with E-state index in [9.17, 15) is 8.42 Å². The number of sulfonamides is 1. The fraction of sp³-hybridized carbons (Fsp3) is 0.300. The van der Waals surface area contributed by atoms with E-state index in [0.717, 1.165) is 5.56 Å². The molecular weight excluding hydrogens is 230 g/mol. The number of ether oxygens (including phenoxy) is 2. The lowest BCUT2D eigenvalue weighted by molar-refractivity contribution is 0.137. The highest BCUT2D eigenvalue weighted by atomic mass is 32.2. The van der Waals surface area contributed by atoms with Gasteiger partial charge in [0.05, 0.1) is 7.11 Å². The van der Waals surface area contributed by atoms with Crippen molar-refractivity contribution in [3.05, 3.63) is 35.9 Å². The second kappa shape index (κ2) is 4.13. The zero-order valence-corrected chi connectivity index (χ0v) is 9.48. The first-order chi connectivity index (χ1) is 7.61. The van der Waals surface area contributed by atoms with E-state index in [-0.39, 0.29) is 11.8 Å². The minimum Gasteiger partial charge on any atom is -0.453 e. The highest BCUT2D eigenvalue weighted by Crippen LogP contribution is 2.24. The molecule has 0 saturated carbocycles. The van der Waals surface area contributed by atoms with Gasteiger partial charge in [-0.1, -0.05) is 34.7 Å². The van der Waals surface area contributed by atoms with Gasteiger partial charge in [0.2, 0.25) is 0 Å². The Morgan fingerprint density at radius 2 is 2.06 bits per heavy atom. The van der Waals surface area contributed by atoms with E-state index in [4.69, 9.17) is 9.47 Å². The zero-order valence-electron chi connectivity index (χ0n) is 8.66. The highest BCUT2D eigenvalue weighted by Gasteiger charge is 2.29. The summed E-state index contributed by atoms with van der Waals surface area (Å²) in [4.78, 5) is 0. The lowest BCUT2D eigenvalue weighted by Crippen LogP contribution is -2.26. The Hall–Kier alpha value is -1.56. The van der Waals surface area contributed by atoms with Crippen LogP contribution in [0.25, 0.3) is 0 Å². The summed E-state index contributed by atoms with van der Waals surface area (Å²) in [7, 11) is -2.18. The summed E-state index contributed by atoms with van der Waals surface area (Å²) in [6.45, 7) is 0. The standard InChI is InChI=1S/C10H11NO4S/c1-14-10-11-16(12,13)7-9(15-10)8-5-3-2-4-6-8/h2-6,9H,7H2,1H3/t9-/m0/s1. The maximum Gasteiger partial charge on any atom is 0.399 e. The Kier molecular flexibility index (Phi) is 2.82. The van der Waals surface area contributed by atoms with Crippen molar-refractivity contribution in [2.75, 3.05) is 12.9 Å². The molecule has 0 fully saturated rings. The average molecular weight is 241 g/mol. The first kappa shape index (κ1) is 10.9. The van der Waals surface area contributed by atoms with Gasteiger partial charge in [-0.3, -0.25) is 0 Å². The molecule has 0 aliphatic carbocycles. The van der Waals surface area contributed by atoms with Gasteiger partial charge in [-0.15, -0.1) is 0 Å². The summed E-state index contributed by atoms with van der Waals surface area (Å²) < 4.78 is 36.3. The van der Waals surface area contributed by atoms with E-state index in [2.05, 4.69) is 4.40 Å². The molecule has 1 aromatic rings. The topological polar surface area (TPSA) is 65.0 Å². The quantitative estimate of drug-likeness (QED) is 0.738. The first-order valence-electron chi connectivity index (χ1n) is 4.69. The van der Waals surface area contributed by atoms with E-state index in [1.807, 2.05) is 18.2 Å². The first-order valence-corrected chi connectivity index (χ1v) is 6.30. The summed E-state index contributed by atoms with van der Waals surface area (Å²) in [5.41, 5.74) is 0.788. The van der Waals surface area contributed by atoms with Crippen molar-refractivity contribution in [1.82, 2.24) is 0 Å². The molecule has 6 heteroatoms. The number of hydrogen-bond donors (Lipinski definition) is 0. The second-order valence-corrected chi connectivity index (χ2v) is 5.01. The fourth-order valence-corrected chi connectivity index (χ4v) is 2.50. The third-order valence-corrected chi connectivity index (χ3v) is 3.32. The molecule has 86 valence electrons. The molecule has 0 amide bonds. The zero-order chi connectivity index (χ0) is 11.6. The molecule has 0 unspecified atom stereocenters. The molecule has 1 heterocycles. The summed E-state index contributed by atoms with van der Waals surface area (Å²) in [6.07, 6.45) is -0.765. The normalized spacial score (nSPS) is 23.1. The molecule has 16 heavy (non-hydrogen) atoms. The lowest BCUT2D eigenvalue weighted by Gasteiger charge is -2.21. The van der Waals surface area contributed by atoms with Crippen molar-refractivity contribution < 1.29 is 17.9 Å². The largest absolute Gasteiger partial charge is 0.453 e. The second-order valence-electron chi connectivity index (χ2n) is 3.33. The van der Waals surface area contributed by atoms with Gasteiger partial charge in [0.15, 0.2) is 0 Å². The molecule has 1 aromatic carbocycles. The molecule has 0 N–H and O–H groups in total. The van der Waals surface area contributed by atoms with Crippen LogP contribution in [0.1, 0.15) is 11.7 Å². The summed E-state index contributed by atoms with van der Waals surface area (Å²) in [5, 5.41) is 0. The van der Waals surface area contributed by atoms with Crippen LogP contribution in [0.3, 0.4) is 0 Å². The van der Waals surface area contributed by atoms with Gasteiger partial charge in [0.25, 0.3) is 10.0 Å². The van der Waals surface area contributed by atoms with E-state index in [1.165, 1.54) is 7.11 Å². The third-order valence-electron chi connectivity index (χ3n) is 2.16. The van der Waals surface area contributed by atoms with Crippen LogP contribution in [0, 0.1) is 0 Å². The van der Waals surface area contributed by atoms with Crippen LogP contribution < -0.4 is 0 Å². The predicted molar refractivity (Wildman–Crippen MR) is 58.5 cm³/mol. The fourth-order valence-electron chi connectivity index (χ4n) is 1.44. The summed E-state index contributed by atoms with van der Waals surface area (Å²) in [5.74, 6) is -0.163. The number of benzene rings is 1. The van der Waals surface area contributed by atoms with Crippen LogP contribution in [-0.4, -0.2) is 27.4 Å². The summed E-state index contributed by atoms with van der Waals surface area (Å²) in [6, 6.07) is 9.11. The maximum absolute atomic E-state index is 11.5. The highest BCUT2D eigenvalue weighted by molar-refractivity contribution is 7.90. The van der Waals surface area contributed by atoms with Gasteiger partial charge >= 0.3 is 6.08 Å². The molecule has 0 saturated heterocycles. The minimum atomic E-state index is -3.50. The van der Waals surface area contributed by atoms with Crippen LogP contribution in [0.2, 0.25) is 0 Å². The van der Waals surface area contributed by atoms with E-state index >= 15 is 0 Å². The Labute approximate surface area is 93.8 Å². The molecule has 0 bridgehead atoms. The monoisotopic (exact) mass is 241 g/mol. The van der Waals surface area contributed by atoms with E-state index in [1.54, 1.807) is 12.1 Å². The smallest absolute Gasteiger partial charge is 0.399 e. The van der Waals surface area contributed by atoms with Crippen LogP contribution in [-0.2, 0) is 19.5 Å². The third kappa shape index (κ3) is 2.33. The van der Waals surface area contributed by atoms with Gasteiger partial charge in [-0.25, -0.2) is 8.42 Å². The lowest BCUT2D eigenvalue weighted by atomic mass is 10.1. The van der Waals surface area contributed by atoms with Crippen molar-refractivity contribution in [3.63, 3.8) is 0 Å². The van der Waals surface area contributed by atoms with Crippen molar-refractivity contribution in [3.8, 4) is 0 Å². The molecule has 2 rings (SSSR count). The van der Waals surface area contributed by atoms with Gasteiger partial charge in [-0.05, 0) is 5.56 Å².